The Balaban J connectivity index is 2.32. The van der Waals surface area contributed by atoms with Crippen molar-refractivity contribution >= 4 is 50.9 Å². The number of halogens is 3. The summed E-state index contributed by atoms with van der Waals surface area (Å²) in [7, 11) is 0. The van der Waals surface area contributed by atoms with Crippen molar-refractivity contribution in [2.45, 2.75) is 0 Å². The van der Waals surface area contributed by atoms with Gasteiger partial charge >= 0.3 is 0 Å². The van der Waals surface area contributed by atoms with Crippen LogP contribution in [0.15, 0.2) is 34.9 Å². The average molecular weight is 359 g/mol. The molecule has 7 heteroatoms. The lowest BCUT2D eigenvalue weighted by atomic mass is 10.3. The van der Waals surface area contributed by atoms with Crippen molar-refractivity contribution in [2.75, 3.05) is 0 Å². The highest BCUT2D eigenvalue weighted by molar-refractivity contribution is 9.10. The summed E-state index contributed by atoms with van der Waals surface area (Å²) in [6, 6.07) is 6.30. The molecule has 0 saturated carbocycles. The maximum absolute atomic E-state index is 13.2. The average Bonchev–Trinajstić information content (AvgIpc) is 2.68. The number of hydrogen-bond donors (Lipinski definition) is 1. The van der Waals surface area contributed by atoms with Crippen LogP contribution in [0.3, 0.4) is 0 Å². The van der Waals surface area contributed by atoms with Gasteiger partial charge in [-0.25, -0.2) is 9.37 Å². The summed E-state index contributed by atoms with van der Waals surface area (Å²) in [4.78, 5) is 7.36. The Labute approximate surface area is 126 Å². The maximum Gasteiger partial charge on any atom is 0.183 e. The molecule has 0 aliphatic rings. The van der Waals surface area contributed by atoms with E-state index in [1.807, 2.05) is 6.07 Å². The van der Waals surface area contributed by atoms with Gasteiger partial charge in [0, 0.05) is 10.7 Å². The Morgan fingerprint density at radius 3 is 2.89 bits per heavy atom. The first-order chi connectivity index (χ1) is 9.06. The molecule has 0 fully saturated rings. The summed E-state index contributed by atoms with van der Waals surface area (Å²) < 4.78 is 16.2. The first kappa shape index (κ1) is 12.8. The highest BCUT2D eigenvalue weighted by Gasteiger charge is 2.10. The van der Waals surface area contributed by atoms with Crippen molar-refractivity contribution in [3.8, 4) is 5.69 Å². The minimum Gasteiger partial charge on any atom is -0.329 e. The molecule has 0 bridgehead atoms. The first-order valence-electron chi connectivity index (χ1n) is 5.28. The van der Waals surface area contributed by atoms with Crippen molar-refractivity contribution in [1.82, 2.24) is 14.5 Å². The third-order valence-corrected chi connectivity index (χ3v) is 3.66. The monoisotopic (exact) mass is 357 g/mol. The molecule has 0 aliphatic carbocycles. The second-order valence-electron chi connectivity index (χ2n) is 3.89. The standard InChI is InChI=1S/C12H6BrClFN3S/c13-6-3-10-11(16-5-6)18(12(19)17-10)7-1-2-9(15)8(14)4-7/h1-5H,(H,17,19). The SMILES string of the molecule is Fc1ccc(-n2c(=S)[nH]c3cc(Br)cnc32)cc1Cl. The molecule has 0 amide bonds. The van der Waals surface area contributed by atoms with E-state index in [-0.39, 0.29) is 5.02 Å². The van der Waals surface area contributed by atoms with E-state index in [9.17, 15) is 4.39 Å². The highest BCUT2D eigenvalue weighted by atomic mass is 79.9. The van der Waals surface area contributed by atoms with E-state index in [0.717, 1.165) is 9.99 Å². The predicted octanol–water partition coefficient (Wildman–Crippen LogP) is 4.64. The minimum absolute atomic E-state index is 0.0471. The summed E-state index contributed by atoms with van der Waals surface area (Å²) >= 11 is 14.4. The van der Waals surface area contributed by atoms with Crippen LogP contribution in [0.4, 0.5) is 4.39 Å². The van der Waals surface area contributed by atoms with Gasteiger partial charge in [-0.2, -0.15) is 0 Å². The predicted molar refractivity (Wildman–Crippen MR) is 78.9 cm³/mol. The fraction of sp³-hybridized carbons (Fsp3) is 0. The molecule has 0 atom stereocenters. The number of nitrogens with one attached hydrogen (secondary N) is 1. The lowest BCUT2D eigenvalue weighted by Crippen LogP contribution is -1.96. The summed E-state index contributed by atoms with van der Waals surface area (Å²) in [5.74, 6) is -0.465. The fourth-order valence-corrected chi connectivity index (χ4v) is 2.64. The zero-order valence-corrected chi connectivity index (χ0v) is 12.5. The number of aromatic nitrogens is 3. The van der Waals surface area contributed by atoms with E-state index >= 15 is 0 Å². The van der Waals surface area contributed by atoms with Crippen LogP contribution in [0.5, 0.6) is 0 Å². The van der Waals surface area contributed by atoms with Crippen molar-refractivity contribution in [3.05, 3.63) is 50.5 Å². The second-order valence-corrected chi connectivity index (χ2v) is 5.60. The highest BCUT2D eigenvalue weighted by Crippen LogP contribution is 2.23. The second kappa shape index (κ2) is 4.70. The summed E-state index contributed by atoms with van der Waals surface area (Å²) in [6.07, 6.45) is 1.67. The number of aromatic amines is 1. The minimum atomic E-state index is -0.465. The van der Waals surface area contributed by atoms with Crippen LogP contribution >= 0.6 is 39.7 Å². The number of hydrogen-bond acceptors (Lipinski definition) is 2. The van der Waals surface area contributed by atoms with Gasteiger partial charge < -0.3 is 4.98 Å². The molecule has 96 valence electrons. The zero-order valence-electron chi connectivity index (χ0n) is 9.32. The third kappa shape index (κ3) is 2.20. The largest absolute Gasteiger partial charge is 0.329 e. The molecule has 0 unspecified atom stereocenters. The molecule has 19 heavy (non-hydrogen) atoms. The van der Waals surface area contributed by atoms with Gasteiger partial charge in [0.05, 0.1) is 16.2 Å². The van der Waals surface area contributed by atoms with Crippen LogP contribution in [0.2, 0.25) is 5.02 Å². The van der Waals surface area contributed by atoms with Crippen molar-refractivity contribution in [1.29, 1.82) is 0 Å². The molecule has 1 N–H and O–H groups in total. The summed E-state index contributed by atoms with van der Waals surface area (Å²) in [5.41, 5.74) is 2.12. The Morgan fingerprint density at radius 1 is 1.37 bits per heavy atom. The number of imidazole rings is 1. The van der Waals surface area contributed by atoms with E-state index in [4.69, 9.17) is 23.8 Å². The number of benzene rings is 1. The topological polar surface area (TPSA) is 33.6 Å². The zero-order chi connectivity index (χ0) is 13.6. The van der Waals surface area contributed by atoms with E-state index in [2.05, 4.69) is 25.9 Å². The Morgan fingerprint density at radius 2 is 2.16 bits per heavy atom. The van der Waals surface area contributed by atoms with Gasteiger partial charge in [-0.15, -0.1) is 0 Å². The molecule has 3 nitrogen and oxygen atoms in total. The molecule has 0 aliphatic heterocycles. The van der Waals surface area contributed by atoms with E-state index in [1.54, 1.807) is 16.8 Å². The van der Waals surface area contributed by atoms with E-state index in [0.29, 0.717) is 16.1 Å². The first-order valence-corrected chi connectivity index (χ1v) is 6.86. The lowest BCUT2D eigenvalue weighted by Gasteiger charge is -2.04. The number of fused-ring (bicyclic) bond motifs is 1. The molecule has 2 heterocycles. The summed E-state index contributed by atoms with van der Waals surface area (Å²) in [5, 5.41) is 0.0471. The fourth-order valence-electron chi connectivity index (χ4n) is 1.83. The number of pyridine rings is 1. The van der Waals surface area contributed by atoms with Crippen molar-refractivity contribution in [2.24, 2.45) is 0 Å². The molecule has 0 radical (unpaired) electrons. The lowest BCUT2D eigenvalue weighted by molar-refractivity contribution is 0.628. The van der Waals surface area contributed by atoms with Crippen LogP contribution in [-0.2, 0) is 0 Å². The molecular formula is C12H6BrClFN3S. The Hall–Kier alpha value is -1.24. The van der Waals surface area contributed by atoms with E-state index in [1.165, 1.54) is 12.1 Å². The van der Waals surface area contributed by atoms with Crippen LogP contribution in [-0.4, -0.2) is 14.5 Å². The molecule has 3 rings (SSSR count). The smallest absolute Gasteiger partial charge is 0.183 e. The van der Waals surface area contributed by atoms with E-state index < -0.39 is 5.82 Å². The molecule has 3 aromatic rings. The van der Waals surface area contributed by atoms with Gasteiger partial charge in [0.15, 0.2) is 10.4 Å². The molecule has 2 aromatic heterocycles. The van der Waals surface area contributed by atoms with Crippen molar-refractivity contribution < 1.29 is 4.39 Å². The van der Waals surface area contributed by atoms with Gasteiger partial charge in [-0.1, -0.05) is 11.6 Å². The van der Waals surface area contributed by atoms with Crippen LogP contribution < -0.4 is 0 Å². The van der Waals surface area contributed by atoms with Gasteiger partial charge in [0.25, 0.3) is 0 Å². The van der Waals surface area contributed by atoms with Crippen LogP contribution in [0.1, 0.15) is 0 Å². The Kier molecular flexibility index (Phi) is 3.16. The quantitative estimate of drug-likeness (QED) is 0.643. The van der Waals surface area contributed by atoms with Gasteiger partial charge in [-0.3, -0.25) is 4.57 Å². The molecule has 0 spiro atoms. The number of rotatable bonds is 1. The Bertz CT molecular complexity index is 843. The number of H-pyrrole nitrogens is 1. The molecule has 1 aromatic carbocycles. The van der Waals surface area contributed by atoms with Crippen molar-refractivity contribution in [3.63, 3.8) is 0 Å². The van der Waals surface area contributed by atoms with Crippen LogP contribution in [0, 0.1) is 10.6 Å². The summed E-state index contributed by atoms with van der Waals surface area (Å²) in [6.45, 7) is 0. The van der Waals surface area contributed by atoms with Gasteiger partial charge in [0.2, 0.25) is 0 Å². The van der Waals surface area contributed by atoms with Gasteiger partial charge in [0.1, 0.15) is 5.82 Å². The molecule has 0 saturated heterocycles. The van der Waals surface area contributed by atoms with Gasteiger partial charge in [-0.05, 0) is 52.4 Å². The third-order valence-electron chi connectivity index (χ3n) is 2.65. The normalized spacial score (nSPS) is 11.1. The van der Waals surface area contributed by atoms with Crippen LogP contribution in [0.25, 0.3) is 16.9 Å². The molecular weight excluding hydrogens is 353 g/mol. The maximum atomic E-state index is 13.2. The number of nitrogens with zero attached hydrogens (tertiary/aromatic N) is 2.